The van der Waals surface area contributed by atoms with E-state index in [1.54, 1.807) is 38.1 Å². The smallest absolute Gasteiger partial charge is 0.338 e. The molecule has 1 atom stereocenters. The average Bonchev–Trinajstić information content (AvgIpc) is 3.30. The molecule has 2 aromatic heterocycles. The highest BCUT2D eigenvalue weighted by Gasteiger charge is 2.36. The highest BCUT2D eigenvalue weighted by atomic mass is 35.5. The monoisotopic (exact) mass is 681 g/mol. The first kappa shape index (κ1) is 32.9. The molecule has 0 spiro atoms. The van der Waals surface area contributed by atoms with Crippen molar-refractivity contribution in [2.75, 3.05) is 13.7 Å². The lowest BCUT2D eigenvalue weighted by molar-refractivity contribution is -0.387. The molecule has 1 N–H and O–H groups in total. The van der Waals surface area contributed by atoms with Crippen molar-refractivity contribution >= 4 is 52.4 Å². The van der Waals surface area contributed by atoms with Crippen molar-refractivity contribution in [3.05, 3.63) is 116 Å². The number of halogens is 1. The molecule has 46 heavy (non-hydrogen) atoms. The molecule has 2 aromatic carbocycles. The zero-order valence-corrected chi connectivity index (χ0v) is 27.5. The molecule has 0 bridgehead atoms. The molecule has 0 unspecified atom stereocenters. The largest absolute Gasteiger partial charge is 0.496 e. The quantitative estimate of drug-likeness (QED) is 0.108. The Morgan fingerprint density at radius 1 is 1.22 bits per heavy atom. The Hall–Kier alpha value is -4.53. The van der Waals surface area contributed by atoms with Crippen LogP contribution in [0.2, 0.25) is 5.02 Å². The van der Waals surface area contributed by atoms with Gasteiger partial charge in [0.1, 0.15) is 11.8 Å². The first-order valence-electron chi connectivity index (χ1n) is 14.1. The van der Waals surface area contributed by atoms with Gasteiger partial charge in [0.2, 0.25) is 0 Å². The lowest BCUT2D eigenvalue weighted by Crippen LogP contribution is -2.40. The molecule has 0 amide bonds. The molecule has 12 nitrogen and oxygen atoms in total. The number of H-pyrrole nitrogens is 1. The summed E-state index contributed by atoms with van der Waals surface area (Å²) >= 11 is 8.45. The van der Waals surface area contributed by atoms with E-state index in [0.29, 0.717) is 50.9 Å². The predicted molar refractivity (Wildman–Crippen MR) is 174 cm³/mol. The van der Waals surface area contributed by atoms with Gasteiger partial charge in [0.15, 0.2) is 9.96 Å². The van der Waals surface area contributed by atoms with Crippen LogP contribution in [0.5, 0.6) is 5.75 Å². The molecule has 0 saturated carbocycles. The van der Waals surface area contributed by atoms with Crippen LogP contribution < -0.4 is 25.2 Å². The fourth-order valence-corrected chi connectivity index (χ4v) is 7.17. The van der Waals surface area contributed by atoms with Gasteiger partial charge < -0.3 is 14.5 Å². The van der Waals surface area contributed by atoms with Crippen LogP contribution in [-0.4, -0.2) is 39.1 Å². The van der Waals surface area contributed by atoms with Gasteiger partial charge in [-0.1, -0.05) is 42.3 Å². The van der Waals surface area contributed by atoms with E-state index < -0.39 is 22.5 Å². The third-order valence-electron chi connectivity index (χ3n) is 6.91. The third kappa shape index (κ3) is 6.69. The van der Waals surface area contributed by atoms with Crippen LogP contribution in [0, 0.1) is 17.0 Å². The van der Waals surface area contributed by atoms with Gasteiger partial charge in [-0.3, -0.25) is 24.3 Å². The first-order valence-corrected chi connectivity index (χ1v) is 16.1. The standard InChI is InChI=1S/C31H28ClN5O7S2/c1-5-7-20-26(29(40)44-6-2)27(19-15-18(32)9-10-22(19)43-4)36-28(39)24(46-31(36)34-20)14-17-8-11-23(21(13-17)37(41)42)45-30-33-16(3)12-25(38)35-30/h8-15,27H,5-7H2,1-4H3,(H,33,35,38)/b24-14-/t27-/m1/s1. The maximum Gasteiger partial charge on any atom is 0.338 e. The molecule has 0 saturated heterocycles. The summed E-state index contributed by atoms with van der Waals surface area (Å²) in [6, 6.07) is 9.84. The second-order valence-electron chi connectivity index (χ2n) is 10.1. The Bertz CT molecular complexity index is 2140. The van der Waals surface area contributed by atoms with Gasteiger partial charge in [-0.05, 0) is 67.9 Å². The number of esters is 1. The Morgan fingerprint density at radius 3 is 2.67 bits per heavy atom. The summed E-state index contributed by atoms with van der Waals surface area (Å²) in [7, 11) is 1.48. The number of allylic oxidation sites excluding steroid dienone is 1. The Labute approximate surface area is 275 Å². The number of ether oxygens (including phenoxy) is 2. The zero-order valence-electron chi connectivity index (χ0n) is 25.2. The van der Waals surface area contributed by atoms with Crippen molar-refractivity contribution in [3.63, 3.8) is 0 Å². The summed E-state index contributed by atoms with van der Waals surface area (Å²) in [6.07, 6.45) is 2.67. The SMILES string of the molecule is CCCC1=C(C(=O)OCC)[C@@H](c2cc(Cl)ccc2OC)n2c(s/c(=C\c3ccc(Sc4nc(C)cc(=O)[nH]4)c([N+](=O)[O-])c3)c2=O)=N1. The van der Waals surface area contributed by atoms with Crippen molar-refractivity contribution in [1.82, 2.24) is 14.5 Å². The number of aromatic nitrogens is 3. The number of hydrogen-bond acceptors (Lipinski definition) is 11. The fourth-order valence-electron chi connectivity index (χ4n) is 5.04. The minimum atomic E-state index is -0.954. The highest BCUT2D eigenvalue weighted by Crippen LogP contribution is 2.38. The van der Waals surface area contributed by atoms with Crippen LogP contribution in [0.25, 0.3) is 6.08 Å². The topological polar surface area (TPSA) is 159 Å². The van der Waals surface area contributed by atoms with E-state index in [2.05, 4.69) is 9.97 Å². The van der Waals surface area contributed by atoms with E-state index in [1.165, 1.54) is 36.0 Å². The maximum absolute atomic E-state index is 14.1. The number of nitro benzene ring substituents is 1. The van der Waals surface area contributed by atoms with Crippen molar-refractivity contribution in [2.24, 2.45) is 4.99 Å². The number of thiazole rings is 1. The summed E-state index contributed by atoms with van der Waals surface area (Å²) in [5.41, 5.74) is 0.983. The molecule has 1 aliphatic rings. The highest BCUT2D eigenvalue weighted by molar-refractivity contribution is 7.99. The van der Waals surface area contributed by atoms with Crippen LogP contribution >= 0.6 is 34.7 Å². The van der Waals surface area contributed by atoms with Gasteiger partial charge in [0.05, 0.1) is 39.3 Å². The van der Waals surface area contributed by atoms with E-state index in [9.17, 15) is 24.5 Å². The van der Waals surface area contributed by atoms with Crippen LogP contribution in [0.3, 0.4) is 0 Å². The Morgan fingerprint density at radius 2 is 2.00 bits per heavy atom. The van der Waals surface area contributed by atoms with E-state index in [0.717, 1.165) is 23.1 Å². The zero-order chi connectivity index (χ0) is 33.1. The van der Waals surface area contributed by atoms with E-state index in [-0.39, 0.29) is 38.0 Å². The molecule has 0 fully saturated rings. The van der Waals surface area contributed by atoms with Crippen LogP contribution in [0.15, 0.2) is 78.4 Å². The molecule has 3 heterocycles. The van der Waals surface area contributed by atoms with Gasteiger partial charge in [0, 0.05) is 28.4 Å². The fraction of sp³-hybridized carbons (Fsp3) is 0.258. The number of methoxy groups -OCH3 is 1. The molecule has 4 aromatic rings. The van der Waals surface area contributed by atoms with E-state index in [1.807, 2.05) is 6.92 Å². The number of carbonyl (C=O) groups excluding carboxylic acids is 1. The molecule has 238 valence electrons. The maximum atomic E-state index is 14.1. The predicted octanol–water partition coefficient (Wildman–Crippen LogP) is 4.69. The van der Waals surface area contributed by atoms with Gasteiger partial charge >= 0.3 is 5.97 Å². The number of carbonyl (C=O) groups is 1. The number of hydrogen-bond donors (Lipinski definition) is 1. The summed E-state index contributed by atoms with van der Waals surface area (Å²) < 4.78 is 12.7. The first-order chi connectivity index (χ1) is 22.0. The number of benzene rings is 2. The number of rotatable bonds is 10. The Kier molecular flexibility index (Phi) is 9.89. The summed E-state index contributed by atoms with van der Waals surface area (Å²) in [6.45, 7) is 5.42. The summed E-state index contributed by atoms with van der Waals surface area (Å²) in [4.78, 5) is 63.1. The van der Waals surface area contributed by atoms with Gasteiger partial charge in [0.25, 0.3) is 16.8 Å². The van der Waals surface area contributed by atoms with Crippen molar-refractivity contribution in [2.45, 2.75) is 49.7 Å². The molecular formula is C31H28ClN5O7S2. The minimum Gasteiger partial charge on any atom is -0.496 e. The second-order valence-corrected chi connectivity index (χ2v) is 12.6. The van der Waals surface area contributed by atoms with Gasteiger partial charge in [-0.2, -0.15) is 0 Å². The van der Waals surface area contributed by atoms with E-state index in [4.69, 9.17) is 26.1 Å². The number of fused-ring (bicyclic) bond motifs is 1. The lowest BCUT2D eigenvalue weighted by atomic mass is 9.93. The van der Waals surface area contributed by atoms with Crippen molar-refractivity contribution in [1.29, 1.82) is 0 Å². The number of nitrogens with zero attached hydrogens (tertiary/aromatic N) is 4. The number of aromatic amines is 1. The number of nitrogens with one attached hydrogen (secondary N) is 1. The van der Waals surface area contributed by atoms with Crippen molar-refractivity contribution < 1.29 is 19.2 Å². The van der Waals surface area contributed by atoms with Crippen LogP contribution in [0.4, 0.5) is 5.69 Å². The van der Waals surface area contributed by atoms with Gasteiger partial charge in [-0.15, -0.1) is 0 Å². The summed E-state index contributed by atoms with van der Waals surface area (Å²) in [5.74, 6) is -0.194. The Balaban J connectivity index is 1.69. The third-order valence-corrected chi connectivity index (χ3v) is 9.08. The molecular weight excluding hydrogens is 654 g/mol. The lowest BCUT2D eigenvalue weighted by Gasteiger charge is -2.27. The normalized spacial score (nSPS) is 14.5. The molecule has 1 aliphatic heterocycles. The second kappa shape index (κ2) is 13.8. The van der Waals surface area contributed by atoms with Crippen LogP contribution in [0.1, 0.15) is 49.6 Å². The average molecular weight is 682 g/mol. The molecule has 5 rings (SSSR count). The summed E-state index contributed by atoms with van der Waals surface area (Å²) in [5, 5.41) is 12.6. The van der Waals surface area contributed by atoms with Crippen molar-refractivity contribution in [3.8, 4) is 5.75 Å². The number of aryl methyl sites for hydroxylation is 1. The number of nitro groups is 1. The molecule has 0 radical (unpaired) electrons. The minimum absolute atomic E-state index is 0.120. The molecule has 0 aliphatic carbocycles. The van der Waals surface area contributed by atoms with Crippen LogP contribution in [-0.2, 0) is 9.53 Å². The van der Waals surface area contributed by atoms with E-state index >= 15 is 0 Å². The molecule has 15 heteroatoms. The van der Waals surface area contributed by atoms with Gasteiger partial charge in [-0.25, -0.2) is 14.8 Å².